The van der Waals surface area contributed by atoms with Gasteiger partial charge in [-0.2, -0.15) is 0 Å². The third-order valence-corrected chi connectivity index (χ3v) is 3.37. The van der Waals surface area contributed by atoms with E-state index in [1.165, 1.54) is 37.1 Å². The summed E-state index contributed by atoms with van der Waals surface area (Å²) in [5.74, 6) is -0.304. The quantitative estimate of drug-likeness (QED) is 0.630. The van der Waals surface area contributed by atoms with Crippen LogP contribution in [0.3, 0.4) is 0 Å². The third kappa shape index (κ3) is 4.96. The molecule has 2 N–H and O–H groups in total. The monoisotopic (exact) mass is 317 g/mol. The molecule has 6 heteroatoms. The molecule has 1 heterocycles. The Morgan fingerprint density at radius 1 is 1.23 bits per heavy atom. The average molecular weight is 317 g/mol. The Balaban J connectivity index is 1.82. The summed E-state index contributed by atoms with van der Waals surface area (Å²) in [5.41, 5.74) is 2.14. The molecule has 0 unspecified atom stereocenters. The summed E-state index contributed by atoms with van der Waals surface area (Å²) in [4.78, 5) is 11.7. The lowest BCUT2D eigenvalue weighted by atomic mass is 10.1. The molecule has 0 bridgehead atoms. The number of carbonyl (C=O) groups excluding carboxylic acids is 1. The van der Waals surface area contributed by atoms with Gasteiger partial charge in [0.1, 0.15) is 0 Å². The average Bonchev–Trinajstić information content (AvgIpc) is 3.03. The van der Waals surface area contributed by atoms with E-state index in [9.17, 15) is 4.79 Å². The van der Waals surface area contributed by atoms with Crippen molar-refractivity contribution in [3.05, 3.63) is 47.9 Å². The number of hydrogen-bond donors (Lipinski definition) is 2. The molecule has 0 radical (unpaired) electrons. The molecule has 1 aromatic carbocycles. The number of nitrogens with zero attached hydrogens (tertiary/aromatic N) is 1. The van der Waals surface area contributed by atoms with Crippen molar-refractivity contribution in [1.82, 2.24) is 10.5 Å². The maximum absolute atomic E-state index is 11.7. The fourth-order valence-electron chi connectivity index (χ4n) is 1.99. The maximum Gasteiger partial charge on any atom is 0.296 e. The van der Waals surface area contributed by atoms with Crippen LogP contribution in [0.15, 0.2) is 41.1 Å². The SMILES string of the molecule is CCCCCc1ccc(NC(=S)NC(=O)c2ccno2)cc1. The number of amides is 1. The molecule has 5 nitrogen and oxygen atoms in total. The Labute approximate surface area is 135 Å². The number of benzene rings is 1. The molecule has 0 aliphatic heterocycles. The van der Waals surface area contributed by atoms with Crippen LogP contribution in [0, 0.1) is 0 Å². The minimum atomic E-state index is -0.425. The van der Waals surface area contributed by atoms with Gasteiger partial charge in [0, 0.05) is 11.8 Å². The number of aryl methyl sites for hydroxylation is 1. The van der Waals surface area contributed by atoms with Crippen molar-refractivity contribution >= 4 is 28.9 Å². The molecule has 116 valence electrons. The second-order valence-electron chi connectivity index (χ2n) is 4.94. The van der Waals surface area contributed by atoms with E-state index in [2.05, 4.69) is 34.8 Å². The summed E-state index contributed by atoms with van der Waals surface area (Å²) >= 11 is 5.10. The lowest BCUT2D eigenvalue weighted by Gasteiger charge is -2.09. The van der Waals surface area contributed by atoms with Gasteiger partial charge in [0.05, 0.1) is 6.20 Å². The Bertz CT molecular complexity index is 609. The zero-order valence-corrected chi connectivity index (χ0v) is 13.3. The van der Waals surface area contributed by atoms with Gasteiger partial charge in [-0.25, -0.2) is 0 Å². The first-order chi connectivity index (χ1) is 10.7. The Morgan fingerprint density at radius 2 is 2.00 bits per heavy atom. The fourth-order valence-corrected chi connectivity index (χ4v) is 2.20. The van der Waals surface area contributed by atoms with Gasteiger partial charge in [-0.15, -0.1) is 0 Å². The normalized spacial score (nSPS) is 10.2. The number of unbranched alkanes of at least 4 members (excludes halogenated alkanes) is 2. The van der Waals surface area contributed by atoms with Crippen LogP contribution in [0.4, 0.5) is 5.69 Å². The molecule has 22 heavy (non-hydrogen) atoms. The molecule has 0 fully saturated rings. The van der Waals surface area contributed by atoms with Crippen molar-refractivity contribution in [1.29, 1.82) is 0 Å². The van der Waals surface area contributed by atoms with Crippen molar-refractivity contribution < 1.29 is 9.32 Å². The molecule has 1 aromatic heterocycles. The largest absolute Gasteiger partial charge is 0.351 e. The van der Waals surface area contributed by atoms with Crippen LogP contribution in [0.1, 0.15) is 42.3 Å². The first-order valence-electron chi connectivity index (χ1n) is 7.31. The van der Waals surface area contributed by atoms with E-state index in [-0.39, 0.29) is 10.9 Å². The summed E-state index contributed by atoms with van der Waals surface area (Å²) in [5, 5.41) is 9.20. The lowest BCUT2D eigenvalue weighted by molar-refractivity contribution is 0.0941. The highest BCUT2D eigenvalue weighted by atomic mass is 32.1. The lowest BCUT2D eigenvalue weighted by Crippen LogP contribution is -2.33. The molecule has 0 saturated carbocycles. The molecule has 2 rings (SSSR count). The van der Waals surface area contributed by atoms with E-state index in [4.69, 9.17) is 16.7 Å². The van der Waals surface area contributed by atoms with Gasteiger partial charge in [0.25, 0.3) is 5.91 Å². The topological polar surface area (TPSA) is 67.2 Å². The van der Waals surface area contributed by atoms with E-state index in [1.54, 1.807) is 0 Å². The van der Waals surface area contributed by atoms with Gasteiger partial charge in [-0.3, -0.25) is 10.1 Å². The van der Waals surface area contributed by atoms with Crippen LogP contribution in [-0.4, -0.2) is 16.2 Å². The zero-order valence-electron chi connectivity index (χ0n) is 12.5. The second kappa shape index (κ2) is 8.29. The van der Waals surface area contributed by atoms with Crippen LogP contribution in [0.25, 0.3) is 0 Å². The van der Waals surface area contributed by atoms with Crippen LogP contribution < -0.4 is 10.6 Å². The van der Waals surface area contributed by atoms with Crippen LogP contribution in [0.2, 0.25) is 0 Å². The summed E-state index contributed by atoms with van der Waals surface area (Å²) in [6.45, 7) is 2.20. The van der Waals surface area contributed by atoms with Crippen LogP contribution in [0.5, 0.6) is 0 Å². The Morgan fingerprint density at radius 3 is 2.64 bits per heavy atom. The second-order valence-corrected chi connectivity index (χ2v) is 5.35. The zero-order chi connectivity index (χ0) is 15.8. The predicted octanol–water partition coefficient (Wildman–Crippen LogP) is 3.53. The number of rotatable bonds is 6. The highest BCUT2D eigenvalue weighted by Gasteiger charge is 2.11. The summed E-state index contributed by atoms with van der Waals surface area (Å²) in [6.07, 6.45) is 6.16. The van der Waals surface area contributed by atoms with E-state index >= 15 is 0 Å². The van der Waals surface area contributed by atoms with E-state index in [1.807, 2.05) is 12.1 Å². The molecule has 0 spiro atoms. The van der Waals surface area contributed by atoms with E-state index in [0.29, 0.717) is 0 Å². The van der Waals surface area contributed by atoms with E-state index < -0.39 is 5.91 Å². The molecular weight excluding hydrogens is 298 g/mol. The molecule has 1 amide bonds. The summed E-state index contributed by atoms with van der Waals surface area (Å²) in [6, 6.07) is 9.52. The Kier molecular flexibility index (Phi) is 6.09. The predicted molar refractivity (Wildman–Crippen MR) is 89.9 cm³/mol. The number of nitrogens with one attached hydrogen (secondary N) is 2. The Hall–Kier alpha value is -2.21. The van der Waals surface area contributed by atoms with Gasteiger partial charge in [-0.05, 0) is 42.8 Å². The standard InChI is InChI=1S/C16H19N3O2S/c1-2-3-4-5-12-6-8-13(9-7-12)18-16(22)19-15(20)14-10-11-17-21-14/h6-11H,2-5H2,1H3,(H2,18,19,20,22). The number of thiocarbonyl (C=S) groups is 1. The minimum absolute atomic E-state index is 0.121. The van der Waals surface area contributed by atoms with Gasteiger partial charge < -0.3 is 9.84 Å². The highest BCUT2D eigenvalue weighted by molar-refractivity contribution is 7.80. The highest BCUT2D eigenvalue weighted by Crippen LogP contribution is 2.12. The number of anilines is 1. The van der Waals surface area contributed by atoms with Gasteiger partial charge in [0.2, 0.25) is 5.76 Å². The van der Waals surface area contributed by atoms with Gasteiger partial charge in [0.15, 0.2) is 5.11 Å². The summed E-state index contributed by atoms with van der Waals surface area (Å²) < 4.78 is 4.76. The molecule has 0 aliphatic rings. The van der Waals surface area contributed by atoms with Crippen molar-refractivity contribution in [2.24, 2.45) is 0 Å². The smallest absolute Gasteiger partial charge is 0.296 e. The number of hydrogen-bond acceptors (Lipinski definition) is 4. The molecule has 0 atom stereocenters. The maximum atomic E-state index is 11.7. The van der Waals surface area contributed by atoms with Crippen molar-refractivity contribution in [2.45, 2.75) is 32.6 Å². The van der Waals surface area contributed by atoms with Crippen molar-refractivity contribution in [3.63, 3.8) is 0 Å². The molecule has 2 aromatic rings. The third-order valence-electron chi connectivity index (χ3n) is 3.17. The molecular formula is C16H19N3O2S. The van der Waals surface area contributed by atoms with Crippen molar-refractivity contribution in [3.8, 4) is 0 Å². The first-order valence-corrected chi connectivity index (χ1v) is 7.72. The van der Waals surface area contributed by atoms with Gasteiger partial charge >= 0.3 is 0 Å². The first kappa shape index (κ1) is 16.2. The number of aromatic nitrogens is 1. The fraction of sp³-hybridized carbons (Fsp3) is 0.312. The van der Waals surface area contributed by atoms with Gasteiger partial charge in [-0.1, -0.05) is 37.1 Å². The molecule has 0 saturated heterocycles. The van der Waals surface area contributed by atoms with Crippen LogP contribution >= 0.6 is 12.2 Å². The molecule has 0 aliphatic carbocycles. The summed E-state index contributed by atoms with van der Waals surface area (Å²) in [7, 11) is 0. The van der Waals surface area contributed by atoms with E-state index in [0.717, 1.165) is 12.1 Å². The minimum Gasteiger partial charge on any atom is -0.351 e. The van der Waals surface area contributed by atoms with Crippen LogP contribution in [-0.2, 0) is 6.42 Å². The number of carbonyl (C=O) groups is 1. The van der Waals surface area contributed by atoms with Crippen molar-refractivity contribution in [2.75, 3.05) is 5.32 Å².